The molecular formula is C19H20N4O4S. The Balaban J connectivity index is 1.69. The Kier molecular flexibility index (Phi) is 5.01. The Morgan fingerprint density at radius 2 is 1.89 bits per heavy atom. The van der Waals surface area contributed by atoms with Gasteiger partial charge in [-0.3, -0.25) is 9.27 Å². The van der Waals surface area contributed by atoms with Crippen molar-refractivity contribution in [3.63, 3.8) is 0 Å². The van der Waals surface area contributed by atoms with Gasteiger partial charge in [0.05, 0.1) is 19.7 Å². The number of nitrogens with zero attached hydrogens (tertiary/aromatic N) is 3. The molecule has 0 aliphatic carbocycles. The van der Waals surface area contributed by atoms with E-state index in [-0.39, 0.29) is 0 Å². The van der Waals surface area contributed by atoms with Crippen molar-refractivity contribution in [1.29, 1.82) is 0 Å². The Labute approximate surface area is 164 Å². The molecule has 0 spiro atoms. The van der Waals surface area contributed by atoms with Gasteiger partial charge in [0.25, 0.3) is 11.3 Å². The van der Waals surface area contributed by atoms with Crippen LogP contribution in [-0.2, 0) is 24.2 Å². The highest BCUT2D eigenvalue weighted by atomic mass is 32.2. The number of fused-ring (bicyclic) bond motifs is 2. The number of hydrogen-bond donors (Lipinski definition) is 2. The maximum absolute atomic E-state index is 11.0. The fraction of sp³-hybridized carbons (Fsp3) is 0.263. The first-order chi connectivity index (χ1) is 13.6. The molecule has 0 saturated carbocycles. The number of benzene rings is 2. The Bertz CT molecular complexity index is 1060. The van der Waals surface area contributed by atoms with E-state index >= 15 is 0 Å². The van der Waals surface area contributed by atoms with Gasteiger partial charge in [-0.25, -0.2) is 14.2 Å². The molecule has 2 heterocycles. The predicted octanol–water partition coefficient (Wildman–Crippen LogP) is 2.76. The first kappa shape index (κ1) is 18.5. The summed E-state index contributed by atoms with van der Waals surface area (Å²) in [7, 11) is 3.21. The highest BCUT2D eigenvalue weighted by Crippen LogP contribution is 2.36. The minimum Gasteiger partial charge on any atom is -0.493 e. The van der Waals surface area contributed by atoms with Crippen LogP contribution in [0.3, 0.4) is 0 Å². The molecule has 2 N–H and O–H groups in total. The van der Waals surface area contributed by atoms with E-state index in [4.69, 9.17) is 14.0 Å². The number of aromatic nitrogens is 2. The van der Waals surface area contributed by atoms with Crippen molar-refractivity contribution >= 4 is 33.7 Å². The van der Waals surface area contributed by atoms with Crippen LogP contribution in [0.15, 0.2) is 36.7 Å². The predicted molar refractivity (Wildman–Crippen MR) is 108 cm³/mol. The Hall–Kier alpha value is -2.91. The van der Waals surface area contributed by atoms with Crippen LogP contribution >= 0.6 is 0 Å². The molecule has 0 bridgehead atoms. The van der Waals surface area contributed by atoms with Crippen molar-refractivity contribution in [3.8, 4) is 11.5 Å². The SMILES string of the molecule is COc1cc2ncnc(N3CCc4cc(NS(=O)O)ccc4C3)c2cc1OC. The summed E-state index contributed by atoms with van der Waals surface area (Å²) >= 11 is -2.08. The molecule has 0 saturated heterocycles. The van der Waals surface area contributed by atoms with Crippen LogP contribution in [0.4, 0.5) is 11.5 Å². The molecule has 28 heavy (non-hydrogen) atoms. The molecule has 0 radical (unpaired) electrons. The van der Waals surface area contributed by atoms with Crippen molar-refractivity contribution in [3.05, 3.63) is 47.8 Å². The molecule has 1 aliphatic rings. The lowest BCUT2D eigenvalue weighted by atomic mass is 9.99. The van der Waals surface area contributed by atoms with Crippen molar-refractivity contribution in [2.24, 2.45) is 0 Å². The van der Waals surface area contributed by atoms with Crippen molar-refractivity contribution < 1.29 is 18.2 Å². The summed E-state index contributed by atoms with van der Waals surface area (Å²) in [5, 5.41) is 0.901. The van der Waals surface area contributed by atoms with Gasteiger partial charge >= 0.3 is 0 Å². The first-order valence-electron chi connectivity index (χ1n) is 8.70. The Morgan fingerprint density at radius 1 is 1.11 bits per heavy atom. The molecule has 3 aromatic rings. The summed E-state index contributed by atoms with van der Waals surface area (Å²) < 4.78 is 33.3. The number of methoxy groups -OCH3 is 2. The molecule has 2 aromatic carbocycles. The highest BCUT2D eigenvalue weighted by molar-refractivity contribution is 7.80. The largest absolute Gasteiger partial charge is 0.493 e. The van der Waals surface area contributed by atoms with Crippen LogP contribution in [-0.4, -0.2) is 39.5 Å². The van der Waals surface area contributed by atoms with Gasteiger partial charge in [0.1, 0.15) is 12.1 Å². The van der Waals surface area contributed by atoms with Crippen molar-refractivity contribution in [2.45, 2.75) is 13.0 Å². The number of anilines is 2. The van der Waals surface area contributed by atoms with Crippen LogP contribution in [0.1, 0.15) is 11.1 Å². The van der Waals surface area contributed by atoms with E-state index < -0.39 is 11.3 Å². The standard InChI is InChI=1S/C19H20N4O4S/c1-26-17-8-15-16(9-18(17)27-2)20-11-21-19(15)23-6-5-12-7-14(22-28(24)25)4-3-13(12)10-23/h3-4,7-9,11,22H,5-6,10H2,1-2H3,(H,24,25). The zero-order chi connectivity index (χ0) is 19.7. The van der Waals surface area contributed by atoms with Gasteiger partial charge in [0.2, 0.25) is 0 Å². The molecule has 9 heteroatoms. The van der Waals surface area contributed by atoms with Gasteiger partial charge in [-0.1, -0.05) is 6.07 Å². The van der Waals surface area contributed by atoms with Crippen LogP contribution < -0.4 is 19.1 Å². The van der Waals surface area contributed by atoms with E-state index in [1.54, 1.807) is 20.5 Å². The fourth-order valence-corrected chi connectivity index (χ4v) is 3.85. The third kappa shape index (κ3) is 3.46. The molecule has 1 aromatic heterocycles. The third-order valence-corrected chi connectivity index (χ3v) is 5.25. The van der Waals surface area contributed by atoms with E-state index in [1.165, 1.54) is 0 Å². The molecule has 0 amide bonds. The zero-order valence-electron chi connectivity index (χ0n) is 15.5. The highest BCUT2D eigenvalue weighted by Gasteiger charge is 2.21. The maximum Gasteiger partial charge on any atom is 0.259 e. The van der Waals surface area contributed by atoms with E-state index in [2.05, 4.69) is 19.6 Å². The van der Waals surface area contributed by atoms with Gasteiger partial charge in [-0.15, -0.1) is 0 Å². The molecule has 1 unspecified atom stereocenters. The lowest BCUT2D eigenvalue weighted by Crippen LogP contribution is -2.31. The van der Waals surface area contributed by atoms with Gasteiger partial charge in [-0.2, -0.15) is 0 Å². The minimum atomic E-state index is -2.08. The van der Waals surface area contributed by atoms with E-state index in [0.29, 0.717) is 23.7 Å². The van der Waals surface area contributed by atoms with Gasteiger partial charge in [-0.05, 0) is 35.7 Å². The molecule has 1 atom stereocenters. The Morgan fingerprint density at radius 3 is 2.64 bits per heavy atom. The number of hydrogen-bond acceptors (Lipinski definition) is 6. The normalized spacial score (nSPS) is 14.5. The average Bonchev–Trinajstić information content (AvgIpc) is 2.71. The summed E-state index contributed by atoms with van der Waals surface area (Å²) in [5.74, 6) is 2.11. The fourth-order valence-electron chi connectivity index (χ4n) is 3.52. The van der Waals surface area contributed by atoms with Crippen molar-refractivity contribution in [1.82, 2.24) is 9.97 Å². The van der Waals surface area contributed by atoms with E-state index in [9.17, 15) is 4.21 Å². The second-order valence-corrected chi connectivity index (χ2v) is 7.13. The molecule has 146 valence electrons. The quantitative estimate of drug-likeness (QED) is 0.636. The maximum atomic E-state index is 11.0. The molecule has 0 fully saturated rings. The monoisotopic (exact) mass is 400 g/mol. The molecule has 8 nitrogen and oxygen atoms in total. The van der Waals surface area contributed by atoms with Crippen LogP contribution in [0, 0.1) is 0 Å². The van der Waals surface area contributed by atoms with E-state index in [1.807, 2.05) is 30.3 Å². The summed E-state index contributed by atoms with van der Waals surface area (Å²) in [4.78, 5) is 11.1. The third-order valence-electron chi connectivity index (χ3n) is 4.84. The molecule has 4 rings (SSSR count). The molecular weight excluding hydrogens is 380 g/mol. The summed E-state index contributed by atoms with van der Waals surface area (Å²) in [6.07, 6.45) is 2.37. The second kappa shape index (κ2) is 7.61. The summed E-state index contributed by atoms with van der Waals surface area (Å²) in [6, 6.07) is 9.46. The van der Waals surface area contributed by atoms with E-state index in [0.717, 1.165) is 40.8 Å². The summed E-state index contributed by atoms with van der Waals surface area (Å²) in [6.45, 7) is 1.47. The topological polar surface area (TPSA) is 96.8 Å². The first-order valence-corrected chi connectivity index (χ1v) is 9.80. The van der Waals surface area contributed by atoms with Crippen molar-refractivity contribution in [2.75, 3.05) is 30.4 Å². The smallest absolute Gasteiger partial charge is 0.259 e. The second-order valence-electron chi connectivity index (χ2n) is 6.43. The van der Waals surface area contributed by atoms with Gasteiger partial charge < -0.3 is 14.4 Å². The van der Waals surface area contributed by atoms with Gasteiger partial charge in [0, 0.05) is 30.2 Å². The number of rotatable bonds is 5. The lowest BCUT2D eigenvalue weighted by molar-refractivity contribution is 0.356. The van der Waals surface area contributed by atoms with Gasteiger partial charge in [0.15, 0.2) is 11.5 Å². The average molecular weight is 400 g/mol. The number of ether oxygens (including phenoxy) is 2. The summed E-state index contributed by atoms with van der Waals surface area (Å²) in [5.41, 5.74) is 3.74. The van der Waals surface area contributed by atoms with Crippen LogP contribution in [0.2, 0.25) is 0 Å². The minimum absolute atomic E-state index is 0.630. The molecule has 1 aliphatic heterocycles. The number of nitrogens with one attached hydrogen (secondary N) is 1. The van der Waals surface area contributed by atoms with Crippen LogP contribution in [0.25, 0.3) is 10.9 Å². The lowest BCUT2D eigenvalue weighted by Gasteiger charge is -2.30. The van der Waals surface area contributed by atoms with Crippen LogP contribution in [0.5, 0.6) is 11.5 Å². The zero-order valence-corrected chi connectivity index (χ0v) is 16.3.